The Labute approximate surface area is 71.6 Å². The first-order valence-corrected chi connectivity index (χ1v) is 3.41. The summed E-state index contributed by atoms with van der Waals surface area (Å²) in [7, 11) is 0. The number of carbonyl (C=O) groups is 1. The fourth-order valence-corrected chi connectivity index (χ4v) is 0.619. The maximum absolute atomic E-state index is 10.8. The van der Waals surface area contributed by atoms with Gasteiger partial charge in [-0.2, -0.15) is 0 Å². The third-order valence-electron chi connectivity index (χ3n) is 1.46. The van der Waals surface area contributed by atoms with E-state index in [0.717, 1.165) is 12.8 Å². The Hall–Kier alpha value is -0.320. The second-order valence-electron chi connectivity index (χ2n) is 2.57. The molecule has 5 heteroatoms. The summed E-state index contributed by atoms with van der Waals surface area (Å²) in [6.07, 6.45) is 2.09. The van der Waals surface area contributed by atoms with Gasteiger partial charge in [0.1, 0.15) is 6.04 Å². The third-order valence-corrected chi connectivity index (χ3v) is 1.46. The molecule has 0 aromatic heterocycles. The fraction of sp³-hybridized carbons (Fsp3) is 0.833. The molecule has 0 heterocycles. The first-order valence-electron chi connectivity index (χ1n) is 3.41. The van der Waals surface area contributed by atoms with Crippen molar-refractivity contribution in [2.75, 3.05) is 6.61 Å². The zero-order chi connectivity index (χ0) is 7.56. The number of rotatable bonds is 3. The van der Waals surface area contributed by atoms with Gasteiger partial charge in [0.15, 0.2) is 0 Å². The second kappa shape index (κ2) is 4.54. The molecule has 1 unspecified atom stereocenters. The van der Waals surface area contributed by atoms with Crippen LogP contribution in [0.5, 0.6) is 0 Å². The Morgan fingerprint density at radius 1 is 1.73 bits per heavy atom. The Bertz CT molecular complexity index is 139. The number of amides is 1. The predicted molar refractivity (Wildman–Crippen MR) is 43.5 cm³/mol. The van der Waals surface area contributed by atoms with Crippen molar-refractivity contribution in [2.45, 2.75) is 24.9 Å². The van der Waals surface area contributed by atoms with Gasteiger partial charge in [-0.3, -0.25) is 4.79 Å². The van der Waals surface area contributed by atoms with Gasteiger partial charge < -0.3 is 16.2 Å². The molecule has 4 nitrogen and oxygen atoms in total. The summed E-state index contributed by atoms with van der Waals surface area (Å²) in [6, 6.07) is -0.425. The van der Waals surface area contributed by atoms with E-state index < -0.39 is 6.04 Å². The summed E-state index contributed by atoms with van der Waals surface area (Å²) in [6.45, 7) is -0.279. The predicted octanol–water partition coefficient (Wildman–Crippen LogP) is -0.994. The average molecular weight is 181 g/mol. The van der Waals surface area contributed by atoms with Gasteiger partial charge in [0.2, 0.25) is 5.91 Å². The van der Waals surface area contributed by atoms with Gasteiger partial charge in [-0.1, -0.05) is 0 Å². The van der Waals surface area contributed by atoms with E-state index in [1.807, 2.05) is 0 Å². The van der Waals surface area contributed by atoms with Crippen LogP contribution in [0, 0.1) is 0 Å². The van der Waals surface area contributed by atoms with Gasteiger partial charge in [-0.05, 0) is 12.8 Å². The third kappa shape index (κ3) is 3.55. The van der Waals surface area contributed by atoms with Crippen LogP contribution in [0.25, 0.3) is 0 Å². The van der Waals surface area contributed by atoms with E-state index in [-0.39, 0.29) is 24.9 Å². The van der Waals surface area contributed by atoms with Crippen LogP contribution in [-0.4, -0.2) is 29.7 Å². The SMILES string of the molecule is Cl.NC(CO)C(=O)NC1CC1. The van der Waals surface area contributed by atoms with Gasteiger partial charge in [-0.15, -0.1) is 12.4 Å². The molecule has 0 spiro atoms. The van der Waals surface area contributed by atoms with Crippen molar-refractivity contribution in [2.24, 2.45) is 5.73 Å². The van der Waals surface area contributed by atoms with E-state index in [2.05, 4.69) is 5.32 Å². The summed E-state index contributed by atoms with van der Waals surface area (Å²) in [4.78, 5) is 10.8. The van der Waals surface area contributed by atoms with Crippen molar-refractivity contribution in [1.82, 2.24) is 5.32 Å². The number of aliphatic hydroxyl groups excluding tert-OH is 1. The molecular formula is C6H13ClN2O2. The van der Waals surface area contributed by atoms with Crippen LogP contribution in [0.1, 0.15) is 12.8 Å². The van der Waals surface area contributed by atoms with Crippen LogP contribution in [0.15, 0.2) is 0 Å². The summed E-state index contributed by atoms with van der Waals surface area (Å²) in [5.41, 5.74) is 5.23. The molecule has 1 aliphatic rings. The average Bonchev–Trinajstić information content (AvgIpc) is 2.70. The Morgan fingerprint density at radius 2 is 2.27 bits per heavy atom. The highest BCUT2D eigenvalue weighted by molar-refractivity contribution is 5.85. The molecule has 1 saturated carbocycles. The summed E-state index contributed by atoms with van der Waals surface area (Å²) >= 11 is 0. The standard InChI is InChI=1S/C6H12N2O2.ClH/c7-5(3-9)6(10)8-4-1-2-4;/h4-5,9H,1-3,7H2,(H,8,10);1H. The number of nitrogens with two attached hydrogens (primary N) is 1. The topological polar surface area (TPSA) is 75.3 Å². The number of hydrogen-bond acceptors (Lipinski definition) is 3. The van der Waals surface area contributed by atoms with Crippen molar-refractivity contribution in [3.8, 4) is 0 Å². The van der Waals surface area contributed by atoms with E-state index >= 15 is 0 Å². The van der Waals surface area contributed by atoms with Crippen molar-refractivity contribution < 1.29 is 9.90 Å². The summed E-state index contributed by atoms with van der Waals surface area (Å²) in [5, 5.41) is 11.1. The van der Waals surface area contributed by atoms with Gasteiger partial charge in [0.05, 0.1) is 6.61 Å². The molecule has 0 radical (unpaired) electrons. The highest BCUT2D eigenvalue weighted by Gasteiger charge is 2.25. The van der Waals surface area contributed by atoms with Crippen LogP contribution < -0.4 is 11.1 Å². The summed E-state index contributed by atoms with van der Waals surface area (Å²) in [5.74, 6) is -0.245. The van der Waals surface area contributed by atoms with E-state index in [1.165, 1.54) is 0 Å². The molecule has 1 aliphatic carbocycles. The molecule has 0 aromatic carbocycles. The van der Waals surface area contributed by atoms with E-state index in [0.29, 0.717) is 6.04 Å². The highest BCUT2D eigenvalue weighted by Crippen LogP contribution is 2.18. The van der Waals surface area contributed by atoms with Crippen LogP contribution in [0.3, 0.4) is 0 Å². The summed E-state index contributed by atoms with van der Waals surface area (Å²) < 4.78 is 0. The minimum absolute atomic E-state index is 0. The van der Waals surface area contributed by atoms with Crippen LogP contribution in [-0.2, 0) is 4.79 Å². The van der Waals surface area contributed by atoms with E-state index in [4.69, 9.17) is 10.8 Å². The quantitative estimate of drug-likeness (QED) is 0.522. The maximum Gasteiger partial charge on any atom is 0.239 e. The van der Waals surface area contributed by atoms with E-state index in [9.17, 15) is 4.79 Å². The number of nitrogens with one attached hydrogen (secondary N) is 1. The number of aliphatic hydroxyl groups is 1. The highest BCUT2D eigenvalue weighted by atomic mass is 35.5. The molecule has 0 aromatic rings. The smallest absolute Gasteiger partial charge is 0.239 e. The molecular weight excluding hydrogens is 168 g/mol. The molecule has 1 amide bonds. The molecule has 0 saturated heterocycles. The number of carbonyl (C=O) groups excluding carboxylic acids is 1. The first kappa shape index (κ1) is 10.7. The van der Waals surface area contributed by atoms with E-state index in [1.54, 1.807) is 0 Å². The first-order chi connectivity index (χ1) is 4.74. The molecule has 1 atom stereocenters. The number of halogens is 1. The lowest BCUT2D eigenvalue weighted by molar-refractivity contribution is -0.123. The zero-order valence-corrected chi connectivity index (χ0v) is 6.93. The monoisotopic (exact) mass is 180 g/mol. The number of hydrogen-bond donors (Lipinski definition) is 3. The van der Waals surface area contributed by atoms with Crippen LogP contribution in [0.2, 0.25) is 0 Å². The van der Waals surface area contributed by atoms with Crippen molar-refractivity contribution in [3.63, 3.8) is 0 Å². The van der Waals surface area contributed by atoms with Crippen molar-refractivity contribution in [1.29, 1.82) is 0 Å². The minimum atomic E-state index is -0.749. The Balaban J connectivity index is 0.000001000. The zero-order valence-electron chi connectivity index (χ0n) is 6.12. The molecule has 1 rings (SSSR count). The second-order valence-corrected chi connectivity index (χ2v) is 2.57. The van der Waals surface area contributed by atoms with Gasteiger partial charge in [0, 0.05) is 6.04 Å². The minimum Gasteiger partial charge on any atom is -0.394 e. The lowest BCUT2D eigenvalue weighted by Gasteiger charge is -2.07. The Morgan fingerprint density at radius 3 is 2.64 bits per heavy atom. The van der Waals surface area contributed by atoms with Crippen molar-refractivity contribution >= 4 is 18.3 Å². The molecule has 11 heavy (non-hydrogen) atoms. The molecule has 1 fully saturated rings. The Kier molecular flexibility index (Phi) is 4.40. The lowest BCUT2D eigenvalue weighted by atomic mass is 10.3. The molecule has 66 valence electrons. The maximum atomic E-state index is 10.8. The lowest BCUT2D eigenvalue weighted by Crippen LogP contribution is -2.43. The van der Waals surface area contributed by atoms with Crippen LogP contribution >= 0.6 is 12.4 Å². The van der Waals surface area contributed by atoms with Crippen molar-refractivity contribution in [3.05, 3.63) is 0 Å². The van der Waals surface area contributed by atoms with Crippen LogP contribution in [0.4, 0.5) is 0 Å². The fourth-order valence-electron chi connectivity index (χ4n) is 0.619. The van der Waals surface area contributed by atoms with Gasteiger partial charge in [-0.25, -0.2) is 0 Å². The van der Waals surface area contributed by atoms with Gasteiger partial charge >= 0.3 is 0 Å². The molecule has 0 bridgehead atoms. The molecule has 4 N–H and O–H groups in total. The normalized spacial score (nSPS) is 18.4. The largest absolute Gasteiger partial charge is 0.394 e. The van der Waals surface area contributed by atoms with Gasteiger partial charge in [0.25, 0.3) is 0 Å². The molecule has 0 aliphatic heterocycles.